The molecule has 94 valence electrons. The molecule has 1 aliphatic rings. The number of hydrogen-bond donors (Lipinski definition) is 1. The van der Waals surface area contributed by atoms with Gasteiger partial charge in [0, 0.05) is 5.56 Å². The van der Waals surface area contributed by atoms with Gasteiger partial charge in [-0.1, -0.05) is 19.9 Å². The SMILES string of the molecule is Cc1c(O)cccc1OC1CC(C)CC(C)C1. The highest BCUT2D eigenvalue weighted by atomic mass is 16.5. The summed E-state index contributed by atoms with van der Waals surface area (Å²) in [5, 5.41) is 9.65. The zero-order valence-corrected chi connectivity index (χ0v) is 10.9. The van der Waals surface area contributed by atoms with Gasteiger partial charge in [-0.25, -0.2) is 0 Å². The molecule has 0 bridgehead atoms. The molecule has 1 aromatic rings. The van der Waals surface area contributed by atoms with Crippen molar-refractivity contribution >= 4 is 0 Å². The Morgan fingerprint density at radius 3 is 2.41 bits per heavy atom. The van der Waals surface area contributed by atoms with Crippen molar-refractivity contribution in [1.82, 2.24) is 0 Å². The molecule has 17 heavy (non-hydrogen) atoms. The summed E-state index contributed by atoms with van der Waals surface area (Å²) in [6.07, 6.45) is 3.85. The van der Waals surface area contributed by atoms with Crippen molar-refractivity contribution in [2.24, 2.45) is 11.8 Å². The molecule has 1 aromatic carbocycles. The third kappa shape index (κ3) is 2.93. The summed E-state index contributed by atoms with van der Waals surface area (Å²) >= 11 is 0. The second kappa shape index (κ2) is 4.99. The van der Waals surface area contributed by atoms with Crippen LogP contribution in [0.25, 0.3) is 0 Å². The Hall–Kier alpha value is -1.18. The van der Waals surface area contributed by atoms with Gasteiger partial charge in [0.05, 0.1) is 6.10 Å². The molecule has 1 N–H and O–H groups in total. The second-order valence-corrected chi connectivity index (χ2v) is 5.56. The Morgan fingerprint density at radius 2 is 1.76 bits per heavy atom. The molecule has 0 saturated heterocycles. The van der Waals surface area contributed by atoms with E-state index in [-0.39, 0.29) is 0 Å². The van der Waals surface area contributed by atoms with Gasteiger partial charge in [0.2, 0.25) is 0 Å². The molecule has 0 spiro atoms. The van der Waals surface area contributed by atoms with Gasteiger partial charge in [-0.3, -0.25) is 0 Å². The van der Waals surface area contributed by atoms with E-state index in [1.54, 1.807) is 6.07 Å². The minimum atomic E-state index is 0.300. The van der Waals surface area contributed by atoms with Gasteiger partial charge in [0.15, 0.2) is 0 Å². The molecule has 2 atom stereocenters. The molecule has 0 amide bonds. The molecular formula is C15H22O2. The van der Waals surface area contributed by atoms with Gasteiger partial charge in [0.25, 0.3) is 0 Å². The van der Waals surface area contributed by atoms with E-state index in [1.807, 2.05) is 19.1 Å². The quantitative estimate of drug-likeness (QED) is 0.840. The number of benzene rings is 1. The van der Waals surface area contributed by atoms with Gasteiger partial charge in [0.1, 0.15) is 11.5 Å². The van der Waals surface area contributed by atoms with Crippen LogP contribution in [-0.4, -0.2) is 11.2 Å². The Labute approximate surface area is 104 Å². The highest BCUT2D eigenvalue weighted by Gasteiger charge is 2.25. The van der Waals surface area contributed by atoms with Crippen LogP contribution < -0.4 is 4.74 Å². The van der Waals surface area contributed by atoms with E-state index < -0.39 is 0 Å². The van der Waals surface area contributed by atoms with E-state index in [0.717, 1.165) is 36.0 Å². The topological polar surface area (TPSA) is 29.5 Å². The molecule has 2 heteroatoms. The first-order valence-corrected chi connectivity index (χ1v) is 6.51. The standard InChI is InChI=1S/C15H22O2/c1-10-7-11(2)9-13(8-10)17-15-6-4-5-14(16)12(15)3/h4-6,10-11,13,16H,7-9H2,1-3H3. The lowest BCUT2D eigenvalue weighted by Gasteiger charge is -2.32. The number of hydrogen-bond acceptors (Lipinski definition) is 2. The zero-order chi connectivity index (χ0) is 12.4. The average Bonchev–Trinajstić information content (AvgIpc) is 2.23. The van der Waals surface area contributed by atoms with Crippen molar-refractivity contribution in [2.75, 3.05) is 0 Å². The van der Waals surface area contributed by atoms with Crippen LogP contribution in [0.1, 0.15) is 38.7 Å². The van der Waals surface area contributed by atoms with Crippen LogP contribution in [0.3, 0.4) is 0 Å². The normalized spacial score (nSPS) is 29.0. The molecule has 2 rings (SSSR count). The molecule has 0 aliphatic heterocycles. The molecule has 2 nitrogen and oxygen atoms in total. The first-order valence-electron chi connectivity index (χ1n) is 6.51. The summed E-state index contributed by atoms with van der Waals surface area (Å²) in [6, 6.07) is 5.49. The number of phenols is 1. The van der Waals surface area contributed by atoms with Gasteiger partial charge >= 0.3 is 0 Å². The van der Waals surface area contributed by atoms with Crippen LogP contribution in [0, 0.1) is 18.8 Å². The summed E-state index contributed by atoms with van der Waals surface area (Å²) in [6.45, 7) is 6.49. The molecule has 0 aromatic heterocycles. The van der Waals surface area contributed by atoms with Crippen molar-refractivity contribution in [2.45, 2.75) is 46.1 Å². The van der Waals surface area contributed by atoms with Gasteiger partial charge in [-0.05, 0) is 50.2 Å². The molecule has 1 saturated carbocycles. The van der Waals surface area contributed by atoms with Crippen LogP contribution in [0.2, 0.25) is 0 Å². The van der Waals surface area contributed by atoms with E-state index in [4.69, 9.17) is 4.74 Å². The third-order valence-corrected chi connectivity index (χ3v) is 3.68. The Balaban J connectivity index is 2.07. The van der Waals surface area contributed by atoms with Crippen LogP contribution in [0.15, 0.2) is 18.2 Å². The van der Waals surface area contributed by atoms with E-state index in [2.05, 4.69) is 13.8 Å². The van der Waals surface area contributed by atoms with Crippen molar-refractivity contribution in [3.05, 3.63) is 23.8 Å². The van der Waals surface area contributed by atoms with E-state index >= 15 is 0 Å². The first-order chi connectivity index (χ1) is 8.06. The van der Waals surface area contributed by atoms with E-state index in [0.29, 0.717) is 11.9 Å². The monoisotopic (exact) mass is 234 g/mol. The number of rotatable bonds is 2. The minimum absolute atomic E-state index is 0.300. The fourth-order valence-electron chi connectivity index (χ4n) is 2.88. The van der Waals surface area contributed by atoms with Crippen LogP contribution in [-0.2, 0) is 0 Å². The van der Waals surface area contributed by atoms with E-state index in [9.17, 15) is 5.11 Å². The summed E-state index contributed by atoms with van der Waals surface area (Å²) in [5.74, 6) is 2.62. The lowest BCUT2D eigenvalue weighted by molar-refractivity contribution is 0.100. The molecule has 2 unspecified atom stereocenters. The maximum atomic E-state index is 9.65. The number of ether oxygens (including phenoxy) is 1. The lowest BCUT2D eigenvalue weighted by atomic mass is 9.82. The highest BCUT2D eigenvalue weighted by Crippen LogP contribution is 2.33. The Morgan fingerprint density at radius 1 is 1.12 bits per heavy atom. The van der Waals surface area contributed by atoms with Gasteiger partial charge in [-0.2, -0.15) is 0 Å². The summed E-state index contributed by atoms with van der Waals surface area (Å²) in [5.41, 5.74) is 0.846. The summed E-state index contributed by atoms with van der Waals surface area (Å²) in [7, 11) is 0. The number of phenolic OH excluding ortho intramolecular Hbond substituents is 1. The largest absolute Gasteiger partial charge is 0.508 e. The fraction of sp³-hybridized carbons (Fsp3) is 0.600. The number of aromatic hydroxyl groups is 1. The minimum Gasteiger partial charge on any atom is -0.508 e. The first kappa shape index (κ1) is 12.3. The average molecular weight is 234 g/mol. The smallest absolute Gasteiger partial charge is 0.126 e. The Bertz CT molecular complexity index is 377. The fourth-order valence-corrected chi connectivity index (χ4v) is 2.88. The van der Waals surface area contributed by atoms with Crippen molar-refractivity contribution in [1.29, 1.82) is 0 Å². The van der Waals surface area contributed by atoms with E-state index in [1.165, 1.54) is 6.42 Å². The predicted molar refractivity (Wildman–Crippen MR) is 69.4 cm³/mol. The van der Waals surface area contributed by atoms with Gasteiger partial charge in [-0.15, -0.1) is 0 Å². The van der Waals surface area contributed by atoms with Crippen LogP contribution in [0.4, 0.5) is 0 Å². The maximum absolute atomic E-state index is 9.65. The lowest BCUT2D eigenvalue weighted by Crippen LogP contribution is -2.28. The maximum Gasteiger partial charge on any atom is 0.126 e. The molecule has 1 fully saturated rings. The summed E-state index contributed by atoms with van der Waals surface area (Å²) < 4.78 is 6.05. The third-order valence-electron chi connectivity index (χ3n) is 3.68. The zero-order valence-electron chi connectivity index (χ0n) is 10.9. The second-order valence-electron chi connectivity index (χ2n) is 5.56. The molecular weight excluding hydrogens is 212 g/mol. The molecule has 0 radical (unpaired) electrons. The predicted octanol–water partition coefficient (Wildman–Crippen LogP) is 3.90. The van der Waals surface area contributed by atoms with Gasteiger partial charge < -0.3 is 9.84 Å². The Kier molecular flexibility index (Phi) is 3.60. The van der Waals surface area contributed by atoms with Crippen molar-refractivity contribution in [3.8, 4) is 11.5 Å². The summed E-state index contributed by atoms with van der Waals surface area (Å²) in [4.78, 5) is 0. The van der Waals surface area contributed by atoms with Crippen molar-refractivity contribution < 1.29 is 9.84 Å². The van der Waals surface area contributed by atoms with Crippen LogP contribution >= 0.6 is 0 Å². The molecule has 1 aliphatic carbocycles. The molecule has 0 heterocycles. The van der Waals surface area contributed by atoms with Crippen molar-refractivity contribution in [3.63, 3.8) is 0 Å². The highest BCUT2D eigenvalue weighted by molar-refractivity contribution is 5.42. The van der Waals surface area contributed by atoms with Crippen LogP contribution in [0.5, 0.6) is 11.5 Å².